The Morgan fingerprint density at radius 2 is 1.76 bits per heavy atom. The monoisotopic (exact) mass is 244 g/mol. The molecule has 0 heterocycles. The number of unbranched alkanes of at least 4 members (excludes halogenated alkanes) is 2. The summed E-state index contributed by atoms with van der Waals surface area (Å²) >= 11 is 0. The number of aliphatic hydroxyl groups excluding tert-OH is 1. The molecule has 2 N–H and O–H groups in total. The van der Waals surface area contributed by atoms with Gasteiger partial charge in [-0.2, -0.15) is 0 Å². The largest absolute Gasteiger partial charge is 0.394 e. The first-order valence-electron chi connectivity index (χ1n) is 7.20. The number of nitrogens with one attached hydrogen (secondary N) is 1. The van der Waals surface area contributed by atoms with Gasteiger partial charge in [0.2, 0.25) is 0 Å². The average Bonchev–Trinajstić information content (AvgIpc) is 2.35. The summed E-state index contributed by atoms with van der Waals surface area (Å²) in [6.07, 6.45) is 4.76. The standard InChI is InChI=1S/C14H32N2O/c1-5-8-9-10-14(4,13-17)15-11-12-16(6-2)7-3/h15,17H,5-13H2,1-4H3. The van der Waals surface area contributed by atoms with Crippen LogP contribution in [0.15, 0.2) is 0 Å². The molecule has 1 unspecified atom stereocenters. The topological polar surface area (TPSA) is 35.5 Å². The number of hydrogen-bond donors (Lipinski definition) is 2. The predicted molar refractivity (Wildman–Crippen MR) is 75.4 cm³/mol. The molecule has 0 saturated carbocycles. The molecule has 1 atom stereocenters. The van der Waals surface area contributed by atoms with E-state index in [0.29, 0.717) is 0 Å². The number of rotatable bonds is 11. The molecule has 3 nitrogen and oxygen atoms in total. The van der Waals surface area contributed by atoms with Gasteiger partial charge in [-0.25, -0.2) is 0 Å². The maximum Gasteiger partial charge on any atom is 0.0610 e. The van der Waals surface area contributed by atoms with Gasteiger partial charge in [-0.3, -0.25) is 0 Å². The number of nitrogens with zero attached hydrogens (tertiary/aromatic N) is 1. The summed E-state index contributed by atoms with van der Waals surface area (Å²) < 4.78 is 0. The van der Waals surface area contributed by atoms with Gasteiger partial charge < -0.3 is 15.3 Å². The van der Waals surface area contributed by atoms with Crippen molar-refractivity contribution >= 4 is 0 Å². The Bertz CT molecular complexity index is 172. The summed E-state index contributed by atoms with van der Waals surface area (Å²) in [6, 6.07) is 0. The van der Waals surface area contributed by atoms with Crippen molar-refractivity contribution in [2.45, 2.75) is 58.9 Å². The van der Waals surface area contributed by atoms with Gasteiger partial charge in [0.05, 0.1) is 6.61 Å². The molecular formula is C14H32N2O. The Labute approximate surface area is 108 Å². The van der Waals surface area contributed by atoms with Gasteiger partial charge >= 0.3 is 0 Å². The highest BCUT2D eigenvalue weighted by molar-refractivity contribution is 4.82. The highest BCUT2D eigenvalue weighted by Gasteiger charge is 2.21. The Balaban J connectivity index is 3.85. The van der Waals surface area contributed by atoms with Gasteiger partial charge in [0.1, 0.15) is 0 Å². The first-order valence-corrected chi connectivity index (χ1v) is 7.20. The van der Waals surface area contributed by atoms with E-state index in [4.69, 9.17) is 0 Å². The molecule has 0 aromatic rings. The third kappa shape index (κ3) is 7.74. The van der Waals surface area contributed by atoms with E-state index in [1.54, 1.807) is 0 Å². The number of likely N-dealkylation sites (N-methyl/N-ethyl adjacent to an activating group) is 1. The van der Waals surface area contributed by atoms with Gasteiger partial charge in [-0.1, -0.05) is 40.0 Å². The lowest BCUT2D eigenvalue weighted by molar-refractivity contribution is 0.157. The Hall–Kier alpha value is -0.120. The number of hydrogen-bond acceptors (Lipinski definition) is 3. The molecule has 0 amide bonds. The first kappa shape index (κ1) is 16.9. The molecule has 3 heteroatoms. The molecule has 0 aromatic carbocycles. The molecule has 17 heavy (non-hydrogen) atoms. The molecule has 0 spiro atoms. The lowest BCUT2D eigenvalue weighted by atomic mass is 9.95. The van der Waals surface area contributed by atoms with Crippen molar-refractivity contribution in [1.29, 1.82) is 0 Å². The van der Waals surface area contributed by atoms with Crippen LogP contribution in [-0.2, 0) is 0 Å². The van der Waals surface area contributed by atoms with Crippen LogP contribution in [0.3, 0.4) is 0 Å². The molecule has 0 aliphatic heterocycles. The van der Waals surface area contributed by atoms with E-state index < -0.39 is 0 Å². The van der Waals surface area contributed by atoms with Crippen LogP contribution in [0.25, 0.3) is 0 Å². The van der Waals surface area contributed by atoms with Crippen molar-refractivity contribution in [3.63, 3.8) is 0 Å². The van der Waals surface area contributed by atoms with Crippen molar-refractivity contribution in [2.75, 3.05) is 32.8 Å². The van der Waals surface area contributed by atoms with Crippen LogP contribution in [0, 0.1) is 0 Å². The second-order valence-electron chi connectivity index (χ2n) is 5.13. The Morgan fingerprint density at radius 3 is 2.24 bits per heavy atom. The van der Waals surface area contributed by atoms with Gasteiger partial charge in [0.15, 0.2) is 0 Å². The molecule has 0 aliphatic rings. The molecular weight excluding hydrogens is 212 g/mol. The smallest absolute Gasteiger partial charge is 0.0610 e. The first-order chi connectivity index (χ1) is 8.11. The normalized spacial score (nSPS) is 15.2. The summed E-state index contributed by atoms with van der Waals surface area (Å²) in [4.78, 5) is 2.40. The van der Waals surface area contributed by atoms with Crippen molar-refractivity contribution in [3.8, 4) is 0 Å². The van der Waals surface area contributed by atoms with E-state index in [1.807, 2.05) is 0 Å². The van der Waals surface area contributed by atoms with Crippen molar-refractivity contribution < 1.29 is 5.11 Å². The maximum atomic E-state index is 9.49. The van der Waals surface area contributed by atoms with Crippen molar-refractivity contribution in [1.82, 2.24) is 10.2 Å². The molecule has 0 aromatic heterocycles. The van der Waals surface area contributed by atoms with Crippen LogP contribution in [0.4, 0.5) is 0 Å². The van der Waals surface area contributed by atoms with E-state index in [0.717, 1.165) is 32.6 Å². The van der Waals surface area contributed by atoms with E-state index in [1.165, 1.54) is 19.3 Å². The van der Waals surface area contributed by atoms with Gasteiger partial charge in [0.25, 0.3) is 0 Å². The molecule has 0 rings (SSSR count). The zero-order valence-electron chi connectivity index (χ0n) is 12.3. The predicted octanol–water partition coefficient (Wildman–Crippen LogP) is 2.25. The fraction of sp³-hybridized carbons (Fsp3) is 1.00. The molecule has 0 aliphatic carbocycles. The minimum absolute atomic E-state index is 0.0949. The van der Waals surface area contributed by atoms with Crippen LogP contribution in [-0.4, -0.2) is 48.3 Å². The average molecular weight is 244 g/mol. The van der Waals surface area contributed by atoms with Crippen LogP contribution in [0.5, 0.6) is 0 Å². The van der Waals surface area contributed by atoms with Gasteiger partial charge in [-0.15, -0.1) is 0 Å². The fourth-order valence-electron chi connectivity index (χ4n) is 2.04. The second kappa shape index (κ2) is 9.86. The van der Waals surface area contributed by atoms with Crippen LogP contribution in [0.2, 0.25) is 0 Å². The SMILES string of the molecule is CCCCCC(C)(CO)NCCN(CC)CC. The molecule has 0 bridgehead atoms. The third-order valence-corrected chi connectivity index (χ3v) is 3.56. The second-order valence-corrected chi connectivity index (χ2v) is 5.13. The van der Waals surface area contributed by atoms with Crippen LogP contribution >= 0.6 is 0 Å². The zero-order valence-corrected chi connectivity index (χ0v) is 12.3. The molecule has 0 fully saturated rings. The van der Waals surface area contributed by atoms with E-state index in [2.05, 4.69) is 37.9 Å². The summed E-state index contributed by atoms with van der Waals surface area (Å²) in [7, 11) is 0. The van der Waals surface area contributed by atoms with Gasteiger partial charge in [-0.05, 0) is 26.4 Å². The van der Waals surface area contributed by atoms with Crippen LogP contribution in [0.1, 0.15) is 53.4 Å². The zero-order chi connectivity index (χ0) is 13.1. The quantitative estimate of drug-likeness (QED) is 0.547. The third-order valence-electron chi connectivity index (χ3n) is 3.56. The Kier molecular flexibility index (Phi) is 9.79. The number of aliphatic hydroxyl groups is 1. The van der Waals surface area contributed by atoms with E-state index >= 15 is 0 Å². The maximum absolute atomic E-state index is 9.49. The lowest BCUT2D eigenvalue weighted by Crippen LogP contribution is -2.48. The van der Waals surface area contributed by atoms with E-state index in [9.17, 15) is 5.11 Å². The minimum Gasteiger partial charge on any atom is -0.394 e. The summed E-state index contributed by atoms with van der Waals surface area (Å²) in [6.45, 7) is 13.2. The fourth-order valence-corrected chi connectivity index (χ4v) is 2.04. The Morgan fingerprint density at radius 1 is 1.12 bits per heavy atom. The van der Waals surface area contributed by atoms with Crippen LogP contribution < -0.4 is 5.32 Å². The highest BCUT2D eigenvalue weighted by Crippen LogP contribution is 2.13. The van der Waals surface area contributed by atoms with Crippen molar-refractivity contribution in [3.05, 3.63) is 0 Å². The molecule has 0 saturated heterocycles. The highest BCUT2D eigenvalue weighted by atomic mass is 16.3. The lowest BCUT2D eigenvalue weighted by Gasteiger charge is -2.30. The summed E-state index contributed by atoms with van der Waals surface area (Å²) in [5.41, 5.74) is -0.0949. The molecule has 0 radical (unpaired) electrons. The van der Waals surface area contributed by atoms with E-state index in [-0.39, 0.29) is 12.1 Å². The van der Waals surface area contributed by atoms with Gasteiger partial charge in [0, 0.05) is 18.6 Å². The molecule has 104 valence electrons. The van der Waals surface area contributed by atoms with Crippen molar-refractivity contribution in [2.24, 2.45) is 0 Å². The summed E-state index contributed by atoms with van der Waals surface area (Å²) in [5.74, 6) is 0. The summed E-state index contributed by atoms with van der Waals surface area (Å²) in [5, 5.41) is 13.0. The minimum atomic E-state index is -0.0949.